The third-order valence-corrected chi connectivity index (χ3v) is 3.51. The Balaban J connectivity index is 3.07. The summed E-state index contributed by atoms with van der Waals surface area (Å²) >= 11 is 3.77. The number of rotatable bonds is 3. The summed E-state index contributed by atoms with van der Waals surface area (Å²) in [7, 11) is 0. The maximum absolute atomic E-state index is 3.77. The van der Waals surface area contributed by atoms with Crippen LogP contribution in [0.5, 0.6) is 0 Å². The molecule has 0 aliphatic rings. The van der Waals surface area contributed by atoms with Gasteiger partial charge in [0.15, 0.2) is 0 Å². The fraction of sp³-hybridized carbons (Fsp3) is 0.538. The van der Waals surface area contributed by atoms with Crippen LogP contribution in [0.3, 0.4) is 0 Å². The molecule has 0 bridgehead atoms. The van der Waals surface area contributed by atoms with E-state index in [9.17, 15) is 0 Å². The summed E-state index contributed by atoms with van der Waals surface area (Å²) in [5.74, 6) is 0. The lowest BCUT2D eigenvalue weighted by Crippen LogP contribution is -1.98. The number of halogens is 1. The molecular weight excluding hydrogens is 236 g/mol. The summed E-state index contributed by atoms with van der Waals surface area (Å²) in [5.41, 5.74) is 5.67. The van der Waals surface area contributed by atoms with Crippen LogP contribution in [-0.2, 0) is 0 Å². The van der Waals surface area contributed by atoms with Crippen LogP contribution in [0.1, 0.15) is 46.8 Å². The quantitative estimate of drug-likeness (QED) is 0.677. The molecule has 1 heteroatoms. The van der Waals surface area contributed by atoms with Gasteiger partial charge in [0.1, 0.15) is 0 Å². The van der Waals surface area contributed by atoms with Gasteiger partial charge in [0.25, 0.3) is 0 Å². The van der Waals surface area contributed by atoms with E-state index in [1.807, 2.05) is 0 Å². The highest BCUT2D eigenvalue weighted by atomic mass is 79.9. The van der Waals surface area contributed by atoms with Crippen molar-refractivity contribution in [2.45, 2.75) is 45.4 Å². The van der Waals surface area contributed by atoms with Crippen molar-refractivity contribution in [3.8, 4) is 0 Å². The van der Waals surface area contributed by atoms with Crippen molar-refractivity contribution in [2.75, 3.05) is 0 Å². The van der Waals surface area contributed by atoms with Crippen LogP contribution in [-0.4, -0.2) is 0 Å². The van der Waals surface area contributed by atoms with Gasteiger partial charge in [-0.3, -0.25) is 0 Å². The van der Waals surface area contributed by atoms with Gasteiger partial charge in [-0.25, -0.2) is 0 Å². The highest BCUT2D eigenvalue weighted by Crippen LogP contribution is 2.33. The second-order valence-electron chi connectivity index (χ2n) is 4.07. The Morgan fingerprint density at radius 2 is 1.64 bits per heavy atom. The first-order valence-corrected chi connectivity index (χ1v) is 6.19. The molecule has 0 N–H and O–H groups in total. The summed E-state index contributed by atoms with van der Waals surface area (Å²) in [5, 5.41) is 0. The highest BCUT2D eigenvalue weighted by molar-refractivity contribution is 9.09. The molecular formula is C13H19Br. The lowest BCUT2D eigenvalue weighted by atomic mass is 9.96. The first-order chi connectivity index (χ1) is 6.56. The molecule has 14 heavy (non-hydrogen) atoms. The van der Waals surface area contributed by atoms with E-state index >= 15 is 0 Å². The van der Waals surface area contributed by atoms with Crippen LogP contribution in [0.25, 0.3) is 0 Å². The molecule has 0 nitrogen and oxygen atoms in total. The molecule has 0 fully saturated rings. The molecule has 0 aromatic heterocycles. The van der Waals surface area contributed by atoms with Crippen molar-refractivity contribution in [3.63, 3.8) is 0 Å². The van der Waals surface area contributed by atoms with Crippen LogP contribution in [0.15, 0.2) is 12.1 Å². The minimum atomic E-state index is 0.521. The Bertz CT molecular complexity index is 292. The van der Waals surface area contributed by atoms with Gasteiger partial charge in [-0.2, -0.15) is 0 Å². The topological polar surface area (TPSA) is 0 Å². The molecule has 1 aromatic carbocycles. The molecule has 1 unspecified atom stereocenters. The Morgan fingerprint density at radius 1 is 1.14 bits per heavy atom. The van der Waals surface area contributed by atoms with Crippen LogP contribution in [0.2, 0.25) is 0 Å². The van der Waals surface area contributed by atoms with Crippen molar-refractivity contribution in [2.24, 2.45) is 0 Å². The molecule has 0 saturated carbocycles. The van der Waals surface area contributed by atoms with Crippen molar-refractivity contribution >= 4 is 15.9 Å². The van der Waals surface area contributed by atoms with E-state index in [-0.39, 0.29) is 0 Å². The normalized spacial score (nSPS) is 12.9. The Morgan fingerprint density at radius 3 is 2.07 bits per heavy atom. The molecule has 78 valence electrons. The van der Waals surface area contributed by atoms with Crippen LogP contribution >= 0.6 is 15.9 Å². The number of aryl methyl sites for hydroxylation is 3. The van der Waals surface area contributed by atoms with E-state index in [2.05, 4.69) is 55.8 Å². The fourth-order valence-corrected chi connectivity index (χ4v) is 3.26. The average Bonchev–Trinajstić information content (AvgIpc) is 2.01. The molecule has 0 saturated heterocycles. The number of hydrogen-bond donors (Lipinski definition) is 0. The fourth-order valence-electron chi connectivity index (χ4n) is 2.08. The van der Waals surface area contributed by atoms with Crippen molar-refractivity contribution < 1.29 is 0 Å². The van der Waals surface area contributed by atoms with Gasteiger partial charge >= 0.3 is 0 Å². The van der Waals surface area contributed by atoms with Gasteiger partial charge in [0.2, 0.25) is 0 Å². The maximum atomic E-state index is 3.77. The zero-order valence-electron chi connectivity index (χ0n) is 9.52. The lowest BCUT2D eigenvalue weighted by Gasteiger charge is -2.16. The van der Waals surface area contributed by atoms with E-state index in [0.29, 0.717) is 4.83 Å². The lowest BCUT2D eigenvalue weighted by molar-refractivity contribution is 0.780. The Hall–Kier alpha value is -0.300. The molecule has 1 aromatic rings. The van der Waals surface area contributed by atoms with Crippen LogP contribution in [0, 0.1) is 20.8 Å². The zero-order valence-corrected chi connectivity index (χ0v) is 11.1. The van der Waals surface area contributed by atoms with E-state index in [1.54, 1.807) is 0 Å². The van der Waals surface area contributed by atoms with Gasteiger partial charge in [-0.05, 0) is 43.9 Å². The van der Waals surface area contributed by atoms with E-state index in [0.717, 1.165) is 0 Å². The molecule has 0 aliphatic carbocycles. The van der Waals surface area contributed by atoms with E-state index in [4.69, 9.17) is 0 Å². The minimum absolute atomic E-state index is 0.521. The SMILES string of the molecule is CCCC(Br)c1c(C)cc(C)cc1C. The second-order valence-corrected chi connectivity index (χ2v) is 5.17. The standard InChI is InChI=1S/C13H19Br/c1-5-6-12(14)13-10(3)7-9(2)8-11(13)4/h7-8,12H,5-6H2,1-4H3. The third-order valence-electron chi connectivity index (χ3n) is 2.59. The summed E-state index contributed by atoms with van der Waals surface area (Å²) in [4.78, 5) is 0.521. The molecule has 1 atom stereocenters. The maximum Gasteiger partial charge on any atom is 0.0400 e. The zero-order chi connectivity index (χ0) is 10.7. The summed E-state index contributed by atoms with van der Waals surface area (Å²) in [6.07, 6.45) is 2.44. The largest absolute Gasteiger partial charge is 0.0839 e. The third kappa shape index (κ3) is 2.60. The summed E-state index contributed by atoms with van der Waals surface area (Å²) < 4.78 is 0. The van der Waals surface area contributed by atoms with Crippen LogP contribution in [0.4, 0.5) is 0 Å². The van der Waals surface area contributed by atoms with Gasteiger partial charge in [-0.1, -0.05) is 47.0 Å². The first-order valence-electron chi connectivity index (χ1n) is 5.28. The monoisotopic (exact) mass is 254 g/mol. The molecule has 1 rings (SSSR count). The first kappa shape index (κ1) is 11.8. The molecule has 0 aliphatic heterocycles. The predicted molar refractivity (Wildman–Crippen MR) is 67.2 cm³/mol. The van der Waals surface area contributed by atoms with Crippen molar-refractivity contribution in [3.05, 3.63) is 34.4 Å². The minimum Gasteiger partial charge on any atom is -0.0839 e. The van der Waals surface area contributed by atoms with Crippen LogP contribution < -0.4 is 0 Å². The second kappa shape index (κ2) is 4.97. The summed E-state index contributed by atoms with van der Waals surface area (Å²) in [6, 6.07) is 4.54. The number of hydrogen-bond acceptors (Lipinski definition) is 0. The average molecular weight is 255 g/mol. The van der Waals surface area contributed by atoms with Crippen molar-refractivity contribution in [1.82, 2.24) is 0 Å². The van der Waals surface area contributed by atoms with Gasteiger partial charge in [-0.15, -0.1) is 0 Å². The molecule has 0 amide bonds. The van der Waals surface area contributed by atoms with Crippen molar-refractivity contribution in [1.29, 1.82) is 0 Å². The Labute approximate surface area is 95.9 Å². The smallest absolute Gasteiger partial charge is 0.0400 e. The molecule has 0 heterocycles. The Kier molecular flexibility index (Phi) is 4.18. The highest BCUT2D eigenvalue weighted by Gasteiger charge is 2.12. The number of benzene rings is 1. The van der Waals surface area contributed by atoms with E-state index < -0.39 is 0 Å². The number of alkyl halides is 1. The van der Waals surface area contributed by atoms with Gasteiger partial charge in [0, 0.05) is 4.83 Å². The molecule has 0 spiro atoms. The van der Waals surface area contributed by atoms with Gasteiger partial charge in [0.05, 0.1) is 0 Å². The predicted octanol–water partition coefficient (Wildman–Crippen LogP) is 4.85. The van der Waals surface area contributed by atoms with E-state index in [1.165, 1.54) is 35.1 Å². The van der Waals surface area contributed by atoms with Gasteiger partial charge < -0.3 is 0 Å². The summed E-state index contributed by atoms with van der Waals surface area (Å²) in [6.45, 7) is 8.80. The molecule has 0 radical (unpaired) electrons.